The summed E-state index contributed by atoms with van der Waals surface area (Å²) < 4.78 is 5.39. The van der Waals surface area contributed by atoms with Crippen LogP contribution in [0.2, 0.25) is 0 Å². The molecule has 1 aromatic heterocycles. The molecule has 1 unspecified atom stereocenters. The van der Waals surface area contributed by atoms with Crippen LogP contribution in [0.15, 0.2) is 48.8 Å². The summed E-state index contributed by atoms with van der Waals surface area (Å²) in [7, 11) is 0. The average Bonchev–Trinajstić information content (AvgIpc) is 2.91. The number of ether oxygens (including phenoxy) is 1. The lowest BCUT2D eigenvalue weighted by molar-refractivity contribution is -0.674. The molecule has 6 heteroatoms. The van der Waals surface area contributed by atoms with E-state index in [9.17, 15) is 9.59 Å². The lowest BCUT2D eigenvalue weighted by Gasteiger charge is -2.15. The van der Waals surface area contributed by atoms with Crippen molar-refractivity contribution >= 4 is 17.5 Å². The topological polar surface area (TPSA) is 76.1 Å². The molecule has 1 atom stereocenters. The van der Waals surface area contributed by atoms with Crippen molar-refractivity contribution < 1.29 is 19.6 Å². The molecule has 0 aliphatic carbocycles. The van der Waals surface area contributed by atoms with Crippen LogP contribution in [-0.4, -0.2) is 36.0 Å². The molecule has 1 aliphatic heterocycles. The molecule has 25 heavy (non-hydrogen) atoms. The van der Waals surface area contributed by atoms with Crippen molar-refractivity contribution in [1.82, 2.24) is 4.98 Å². The van der Waals surface area contributed by atoms with Gasteiger partial charge in [-0.15, -0.1) is 0 Å². The molecular weight excluding hydrogens is 318 g/mol. The second-order valence-electron chi connectivity index (χ2n) is 5.93. The first-order chi connectivity index (χ1) is 12.2. The minimum atomic E-state index is -0.346. The predicted molar refractivity (Wildman–Crippen MR) is 93.2 cm³/mol. The molecule has 1 fully saturated rings. The van der Waals surface area contributed by atoms with Crippen LogP contribution in [0.3, 0.4) is 0 Å². The fourth-order valence-electron chi connectivity index (χ4n) is 2.97. The first-order valence-electron chi connectivity index (χ1n) is 8.51. The number of amides is 2. The van der Waals surface area contributed by atoms with Crippen LogP contribution in [0.1, 0.15) is 18.9 Å². The first kappa shape index (κ1) is 17.1. The van der Waals surface area contributed by atoms with Crippen LogP contribution in [0.5, 0.6) is 5.75 Å². The molecule has 2 amide bonds. The van der Waals surface area contributed by atoms with E-state index in [2.05, 4.69) is 4.98 Å². The molecule has 2 heterocycles. The van der Waals surface area contributed by atoms with E-state index in [-0.39, 0.29) is 24.3 Å². The van der Waals surface area contributed by atoms with Gasteiger partial charge < -0.3 is 10.1 Å². The molecule has 130 valence electrons. The number of anilines is 1. The minimum Gasteiger partial charge on any atom is -0.494 e. The number of hydrogen-bond donors (Lipinski definition) is 1. The molecule has 2 aromatic rings. The maximum atomic E-state index is 12.6. The van der Waals surface area contributed by atoms with Crippen LogP contribution in [0.4, 0.5) is 5.69 Å². The smallest absolute Gasteiger partial charge is 0.292 e. The molecule has 0 spiro atoms. The number of carbonyl (C=O) groups excluding carboxylic acids is 2. The van der Waals surface area contributed by atoms with Gasteiger partial charge in [-0.3, -0.25) is 14.6 Å². The van der Waals surface area contributed by atoms with Gasteiger partial charge in [-0.1, -0.05) is 0 Å². The van der Waals surface area contributed by atoms with E-state index < -0.39 is 0 Å². The quantitative estimate of drug-likeness (QED) is 0.761. The standard InChI is InChI=1S/C19H21N3O3/c1-2-25-16-5-3-15(4-6-16)22-18(23)13-17(19(22)24)21-12-9-14-7-10-20-11-8-14/h3-8,10-11,17,21H,2,9,12-13H2,1H3/p+1. The van der Waals surface area contributed by atoms with Gasteiger partial charge in [0.25, 0.3) is 5.91 Å². The SMILES string of the molecule is CCOc1ccc(N2C(=O)CC([NH2+]CCc3ccncc3)C2=O)cc1. The molecule has 2 N–H and O–H groups in total. The van der Waals surface area contributed by atoms with Crippen molar-refractivity contribution in [3.8, 4) is 5.75 Å². The third-order valence-corrected chi connectivity index (χ3v) is 4.22. The summed E-state index contributed by atoms with van der Waals surface area (Å²) in [4.78, 5) is 30.2. The van der Waals surface area contributed by atoms with E-state index in [1.807, 2.05) is 24.4 Å². The van der Waals surface area contributed by atoms with E-state index >= 15 is 0 Å². The number of pyridine rings is 1. The zero-order valence-electron chi connectivity index (χ0n) is 14.2. The lowest BCUT2D eigenvalue weighted by Crippen LogP contribution is -2.92. The molecule has 1 saturated heterocycles. The van der Waals surface area contributed by atoms with E-state index in [4.69, 9.17) is 4.74 Å². The second kappa shape index (κ2) is 7.90. The predicted octanol–water partition coefficient (Wildman–Crippen LogP) is 0.918. The molecule has 0 saturated carbocycles. The summed E-state index contributed by atoms with van der Waals surface area (Å²) >= 11 is 0. The summed E-state index contributed by atoms with van der Waals surface area (Å²) in [6.45, 7) is 3.24. The highest BCUT2D eigenvalue weighted by molar-refractivity contribution is 6.21. The Bertz CT molecular complexity index is 731. The zero-order valence-corrected chi connectivity index (χ0v) is 14.2. The van der Waals surface area contributed by atoms with Crippen molar-refractivity contribution in [2.45, 2.75) is 25.8 Å². The monoisotopic (exact) mass is 340 g/mol. The average molecular weight is 340 g/mol. The maximum Gasteiger partial charge on any atom is 0.292 e. The number of nitrogens with zero attached hydrogens (tertiary/aromatic N) is 2. The van der Waals surface area contributed by atoms with Crippen molar-refractivity contribution in [3.05, 3.63) is 54.4 Å². The number of rotatable bonds is 7. The highest BCUT2D eigenvalue weighted by Gasteiger charge is 2.42. The van der Waals surface area contributed by atoms with Gasteiger partial charge in [0.05, 0.1) is 25.3 Å². The van der Waals surface area contributed by atoms with Crippen LogP contribution >= 0.6 is 0 Å². The Morgan fingerprint density at radius 1 is 1.16 bits per heavy atom. The van der Waals surface area contributed by atoms with Gasteiger partial charge in [-0.25, -0.2) is 4.90 Å². The minimum absolute atomic E-state index is 0.149. The number of nitrogens with two attached hydrogens (primary N) is 1. The van der Waals surface area contributed by atoms with Crippen LogP contribution in [-0.2, 0) is 16.0 Å². The van der Waals surface area contributed by atoms with Gasteiger partial charge in [-0.05, 0) is 48.9 Å². The molecule has 0 bridgehead atoms. The van der Waals surface area contributed by atoms with Crippen molar-refractivity contribution in [2.24, 2.45) is 0 Å². The highest BCUT2D eigenvalue weighted by atomic mass is 16.5. The van der Waals surface area contributed by atoms with Gasteiger partial charge in [0, 0.05) is 18.8 Å². The molecule has 1 aromatic carbocycles. The van der Waals surface area contributed by atoms with Crippen molar-refractivity contribution in [1.29, 1.82) is 0 Å². The largest absolute Gasteiger partial charge is 0.494 e. The summed E-state index contributed by atoms with van der Waals surface area (Å²) in [6.07, 6.45) is 4.59. The molecule has 6 nitrogen and oxygen atoms in total. The third-order valence-electron chi connectivity index (χ3n) is 4.22. The Morgan fingerprint density at radius 2 is 1.88 bits per heavy atom. The Balaban J connectivity index is 1.59. The van der Waals surface area contributed by atoms with Crippen LogP contribution in [0, 0.1) is 0 Å². The summed E-state index contributed by atoms with van der Waals surface area (Å²) in [5.74, 6) is 0.425. The Hall–Kier alpha value is -2.73. The second-order valence-corrected chi connectivity index (χ2v) is 5.93. The maximum absolute atomic E-state index is 12.6. The zero-order chi connectivity index (χ0) is 17.6. The van der Waals surface area contributed by atoms with Crippen LogP contribution < -0.4 is 15.0 Å². The van der Waals surface area contributed by atoms with Crippen molar-refractivity contribution in [3.63, 3.8) is 0 Å². The molecule has 0 radical (unpaired) electrons. The number of quaternary nitrogens is 1. The van der Waals surface area contributed by atoms with Crippen molar-refractivity contribution in [2.75, 3.05) is 18.1 Å². The first-order valence-corrected chi connectivity index (χ1v) is 8.51. The Labute approximate surface area is 146 Å². The normalized spacial score (nSPS) is 17.2. The fraction of sp³-hybridized carbons (Fsp3) is 0.316. The van der Waals surface area contributed by atoms with E-state index in [1.54, 1.807) is 36.7 Å². The fourth-order valence-corrected chi connectivity index (χ4v) is 2.97. The summed E-state index contributed by atoms with van der Waals surface area (Å²) in [5, 5.41) is 1.95. The molecular formula is C19H22N3O3+. The van der Waals surface area contributed by atoms with Gasteiger partial charge >= 0.3 is 0 Å². The van der Waals surface area contributed by atoms with Gasteiger partial charge in [-0.2, -0.15) is 0 Å². The van der Waals surface area contributed by atoms with Gasteiger partial charge in [0.1, 0.15) is 5.75 Å². The number of carbonyl (C=O) groups is 2. The number of hydrogen-bond acceptors (Lipinski definition) is 4. The third kappa shape index (κ3) is 4.03. The van der Waals surface area contributed by atoms with Gasteiger partial charge in [0.15, 0.2) is 6.04 Å². The highest BCUT2D eigenvalue weighted by Crippen LogP contribution is 2.24. The Morgan fingerprint density at radius 3 is 2.56 bits per heavy atom. The molecule has 3 rings (SSSR count). The Kier molecular flexibility index (Phi) is 5.40. The van der Waals surface area contributed by atoms with E-state index in [0.717, 1.165) is 18.7 Å². The van der Waals surface area contributed by atoms with Crippen LogP contribution in [0.25, 0.3) is 0 Å². The van der Waals surface area contributed by atoms with E-state index in [1.165, 1.54) is 10.5 Å². The summed E-state index contributed by atoms with van der Waals surface area (Å²) in [5.41, 5.74) is 1.77. The number of imide groups is 1. The summed E-state index contributed by atoms with van der Waals surface area (Å²) in [6, 6.07) is 10.6. The number of benzene rings is 1. The number of aromatic nitrogens is 1. The molecule has 1 aliphatic rings. The van der Waals surface area contributed by atoms with E-state index in [0.29, 0.717) is 12.3 Å². The van der Waals surface area contributed by atoms with Gasteiger partial charge in [0.2, 0.25) is 5.91 Å². The lowest BCUT2D eigenvalue weighted by atomic mass is 10.2.